The molecule has 0 saturated heterocycles. The minimum atomic E-state index is -4.40. The Hall–Kier alpha value is -3.33. The summed E-state index contributed by atoms with van der Waals surface area (Å²) in [5, 5.41) is 0. The lowest BCUT2D eigenvalue weighted by atomic mass is 10.0. The molecule has 0 aliphatic carbocycles. The highest BCUT2D eigenvalue weighted by Gasteiger charge is 2.26. The summed E-state index contributed by atoms with van der Waals surface area (Å²) in [6, 6.07) is 0. The van der Waals surface area contributed by atoms with Gasteiger partial charge in [-0.2, -0.15) is 0 Å². The fourth-order valence-corrected chi connectivity index (χ4v) is 11.8. The van der Waals surface area contributed by atoms with Crippen LogP contribution < -0.4 is 5.73 Å². The molecule has 0 radical (unpaired) electrons. The molecular weight excluding hydrogens is 1150 g/mol. The van der Waals surface area contributed by atoms with Crippen molar-refractivity contribution in [2.45, 2.75) is 367 Å². The van der Waals surface area contributed by atoms with Crippen molar-refractivity contribution < 1.29 is 37.6 Å². The standard InChI is InChI=1S/C81H144NO8P/c1-3-5-7-9-11-13-15-17-19-21-23-25-27-29-31-33-35-37-38-39-40-42-44-46-48-50-52-54-56-58-60-62-64-66-68-70-72-74-81(84)90-79(78-89-91(85,86)88-76-75-82)77-87-80(83)73-71-69-67-65-63-61-59-57-55-53-51-49-47-45-43-41-36-34-32-30-28-26-24-22-20-18-16-14-12-10-8-6-4-2/h5,7,11,13,16-19,22-25,29,31,35,37,39-40,79H,3-4,6,8-10,12,14-15,20-21,26-28,30,32-34,36,38,41-78,82H2,1-2H3,(H,85,86)/b7-5-,13-11-,18-16-,19-17-,24-22-,25-23-,31-29-,37-35-,40-39-. The molecule has 526 valence electrons. The van der Waals surface area contributed by atoms with Crippen molar-refractivity contribution in [2.24, 2.45) is 5.73 Å². The van der Waals surface area contributed by atoms with Crippen molar-refractivity contribution in [2.75, 3.05) is 26.4 Å². The summed E-state index contributed by atoms with van der Waals surface area (Å²) in [6.45, 7) is 3.67. The zero-order chi connectivity index (χ0) is 65.8. The van der Waals surface area contributed by atoms with Crippen molar-refractivity contribution in [3.63, 3.8) is 0 Å². The Balaban J connectivity index is 3.83. The highest BCUT2D eigenvalue weighted by atomic mass is 31.2. The van der Waals surface area contributed by atoms with Gasteiger partial charge in [-0.05, 0) is 103 Å². The van der Waals surface area contributed by atoms with Gasteiger partial charge in [0, 0.05) is 19.4 Å². The van der Waals surface area contributed by atoms with Gasteiger partial charge in [-0.15, -0.1) is 0 Å². The number of rotatable bonds is 72. The third-order valence-electron chi connectivity index (χ3n) is 16.6. The molecule has 0 aliphatic rings. The molecule has 0 fully saturated rings. The second-order valence-electron chi connectivity index (χ2n) is 25.5. The highest BCUT2D eigenvalue weighted by molar-refractivity contribution is 7.47. The number of unbranched alkanes of at least 4 members (excludes halogenated alkanes) is 41. The normalized spacial score (nSPS) is 13.5. The van der Waals surface area contributed by atoms with E-state index in [9.17, 15) is 19.0 Å². The first-order chi connectivity index (χ1) is 44.8. The van der Waals surface area contributed by atoms with Crippen LogP contribution in [-0.2, 0) is 32.7 Å². The van der Waals surface area contributed by atoms with Gasteiger partial charge in [0.15, 0.2) is 6.10 Å². The molecular formula is C81H144NO8P. The lowest BCUT2D eigenvalue weighted by Crippen LogP contribution is -2.29. The van der Waals surface area contributed by atoms with E-state index >= 15 is 0 Å². The number of allylic oxidation sites excluding steroid dienone is 18. The van der Waals surface area contributed by atoms with E-state index in [0.29, 0.717) is 6.42 Å². The zero-order valence-corrected chi connectivity index (χ0v) is 60.2. The number of hydrogen-bond donors (Lipinski definition) is 2. The third kappa shape index (κ3) is 75.6. The maximum atomic E-state index is 12.8. The average molecular weight is 1290 g/mol. The Morgan fingerprint density at radius 2 is 0.604 bits per heavy atom. The van der Waals surface area contributed by atoms with Crippen LogP contribution in [-0.4, -0.2) is 49.3 Å². The number of phosphoric ester groups is 1. The van der Waals surface area contributed by atoms with Crippen LogP contribution in [0.1, 0.15) is 361 Å². The van der Waals surface area contributed by atoms with Crippen LogP contribution in [0.25, 0.3) is 0 Å². The molecule has 0 aromatic rings. The minimum absolute atomic E-state index is 0.0517. The van der Waals surface area contributed by atoms with E-state index in [-0.39, 0.29) is 38.6 Å². The van der Waals surface area contributed by atoms with Crippen molar-refractivity contribution in [3.8, 4) is 0 Å². The largest absolute Gasteiger partial charge is 0.472 e. The van der Waals surface area contributed by atoms with E-state index in [4.69, 9.17) is 24.3 Å². The molecule has 9 nitrogen and oxygen atoms in total. The van der Waals surface area contributed by atoms with Gasteiger partial charge in [-0.25, -0.2) is 4.57 Å². The number of phosphoric acid groups is 1. The second-order valence-corrected chi connectivity index (χ2v) is 26.9. The summed E-state index contributed by atoms with van der Waals surface area (Å²) in [4.78, 5) is 35.4. The lowest BCUT2D eigenvalue weighted by Gasteiger charge is -2.19. The third-order valence-corrected chi connectivity index (χ3v) is 17.6. The quantitative estimate of drug-likeness (QED) is 0.0264. The van der Waals surface area contributed by atoms with E-state index in [1.807, 2.05) is 0 Å². The average Bonchev–Trinajstić information content (AvgIpc) is 3.74. The molecule has 2 unspecified atom stereocenters. The smallest absolute Gasteiger partial charge is 0.462 e. The van der Waals surface area contributed by atoms with Crippen LogP contribution in [0.15, 0.2) is 109 Å². The topological polar surface area (TPSA) is 134 Å². The zero-order valence-electron chi connectivity index (χ0n) is 59.3. The van der Waals surface area contributed by atoms with Gasteiger partial charge in [-0.3, -0.25) is 18.6 Å². The first-order valence-corrected chi connectivity index (χ1v) is 39.9. The molecule has 2 atom stereocenters. The monoisotopic (exact) mass is 1290 g/mol. The number of ether oxygens (including phenoxy) is 2. The van der Waals surface area contributed by atoms with Crippen LogP contribution in [0.3, 0.4) is 0 Å². The molecule has 0 bridgehead atoms. The number of carbonyl (C=O) groups excluding carboxylic acids is 2. The molecule has 10 heteroatoms. The van der Waals surface area contributed by atoms with Gasteiger partial charge >= 0.3 is 19.8 Å². The van der Waals surface area contributed by atoms with E-state index in [2.05, 4.69) is 123 Å². The maximum Gasteiger partial charge on any atom is 0.472 e. The molecule has 0 spiro atoms. The molecule has 3 N–H and O–H groups in total. The van der Waals surface area contributed by atoms with Crippen molar-refractivity contribution in [1.82, 2.24) is 0 Å². The van der Waals surface area contributed by atoms with Gasteiger partial charge in [0.25, 0.3) is 0 Å². The summed E-state index contributed by atoms with van der Waals surface area (Å²) in [5.41, 5.74) is 5.41. The molecule has 0 heterocycles. The summed E-state index contributed by atoms with van der Waals surface area (Å²) in [7, 11) is -4.40. The molecule has 0 aromatic carbocycles. The Morgan fingerprint density at radius 3 is 0.901 bits per heavy atom. The lowest BCUT2D eigenvalue weighted by molar-refractivity contribution is -0.161. The predicted molar refractivity (Wildman–Crippen MR) is 395 cm³/mol. The van der Waals surface area contributed by atoms with Crippen LogP contribution in [0.5, 0.6) is 0 Å². The first-order valence-electron chi connectivity index (χ1n) is 38.4. The number of esters is 2. The van der Waals surface area contributed by atoms with Crippen LogP contribution >= 0.6 is 7.82 Å². The van der Waals surface area contributed by atoms with Crippen molar-refractivity contribution in [1.29, 1.82) is 0 Å². The summed E-state index contributed by atoms with van der Waals surface area (Å²) >= 11 is 0. The number of nitrogens with two attached hydrogens (primary N) is 1. The molecule has 91 heavy (non-hydrogen) atoms. The summed E-state index contributed by atoms with van der Waals surface area (Å²) in [5.74, 6) is -0.815. The van der Waals surface area contributed by atoms with Crippen LogP contribution in [0, 0.1) is 0 Å². The van der Waals surface area contributed by atoms with Crippen LogP contribution in [0.2, 0.25) is 0 Å². The van der Waals surface area contributed by atoms with Crippen molar-refractivity contribution >= 4 is 19.8 Å². The fraction of sp³-hybridized carbons (Fsp3) is 0.753. The van der Waals surface area contributed by atoms with E-state index < -0.39 is 26.5 Å². The molecule has 0 rings (SSSR count). The van der Waals surface area contributed by atoms with Crippen molar-refractivity contribution in [3.05, 3.63) is 109 Å². The first kappa shape index (κ1) is 87.7. The van der Waals surface area contributed by atoms with Gasteiger partial charge in [-0.1, -0.05) is 354 Å². The van der Waals surface area contributed by atoms with Gasteiger partial charge in [0.1, 0.15) is 6.61 Å². The maximum absolute atomic E-state index is 12.8. The van der Waals surface area contributed by atoms with Gasteiger partial charge in [0.2, 0.25) is 0 Å². The van der Waals surface area contributed by atoms with E-state index in [1.54, 1.807) is 0 Å². The fourth-order valence-electron chi connectivity index (χ4n) is 11.0. The SMILES string of the molecule is CC/C=C\C/C=C\C/C=C\C/C=C\C/C=C\C/C=C\C/C=C\CCCCCCCCCCCCCCCCCC(=O)OC(COC(=O)CCCCCCCCCCCCCCCCCCCCCCC/C=C\C/C=C\CCCCCCC)COP(=O)(O)OCCN. The van der Waals surface area contributed by atoms with E-state index in [1.165, 1.54) is 238 Å². The number of hydrogen-bond acceptors (Lipinski definition) is 8. The summed E-state index contributed by atoms with van der Waals surface area (Å²) in [6.07, 6.45) is 105. The van der Waals surface area contributed by atoms with Gasteiger partial charge in [0.05, 0.1) is 13.2 Å². The minimum Gasteiger partial charge on any atom is -0.462 e. The predicted octanol–water partition coefficient (Wildman–Crippen LogP) is 25.6. The van der Waals surface area contributed by atoms with Crippen LogP contribution in [0.4, 0.5) is 0 Å². The Morgan fingerprint density at radius 1 is 0.341 bits per heavy atom. The Labute approximate surface area is 562 Å². The second kappa shape index (κ2) is 75.7. The number of carbonyl (C=O) groups is 2. The Bertz CT molecular complexity index is 1860. The molecule has 0 amide bonds. The van der Waals surface area contributed by atoms with Gasteiger partial charge < -0.3 is 20.1 Å². The Kier molecular flexibility index (Phi) is 72.9. The van der Waals surface area contributed by atoms with E-state index in [0.717, 1.165) is 89.9 Å². The molecule has 0 aromatic heterocycles. The highest BCUT2D eigenvalue weighted by Crippen LogP contribution is 2.43. The molecule has 0 saturated carbocycles. The molecule has 0 aliphatic heterocycles. The summed E-state index contributed by atoms with van der Waals surface area (Å²) < 4.78 is 33.3.